The molecule has 6 heteroatoms. The van der Waals surface area contributed by atoms with Crippen molar-refractivity contribution in [1.29, 1.82) is 0 Å². The Morgan fingerprint density at radius 1 is 1.24 bits per heavy atom. The molecule has 3 N–H and O–H groups in total. The van der Waals surface area contributed by atoms with Gasteiger partial charge in [0.25, 0.3) is 0 Å². The van der Waals surface area contributed by atoms with E-state index in [1.165, 1.54) is 6.20 Å². The molecule has 2 aromatic heterocycles. The topological polar surface area (TPSA) is 72.0 Å². The van der Waals surface area contributed by atoms with Crippen LogP contribution in [-0.2, 0) is 0 Å². The van der Waals surface area contributed by atoms with Crippen molar-refractivity contribution in [3.05, 3.63) is 63.3 Å². The molecule has 1 aromatic carbocycles. The van der Waals surface area contributed by atoms with Gasteiger partial charge in [-0.05, 0) is 34.1 Å². The van der Waals surface area contributed by atoms with Crippen molar-refractivity contribution in [2.24, 2.45) is 0 Å². The summed E-state index contributed by atoms with van der Waals surface area (Å²) in [6, 6.07) is 11.2. The molecule has 0 saturated carbocycles. The number of aliphatic hydroxyl groups is 1. The number of anilines is 1. The zero-order valence-electron chi connectivity index (χ0n) is 10.8. The molecule has 0 fully saturated rings. The van der Waals surface area contributed by atoms with Gasteiger partial charge in [0.05, 0.1) is 16.2 Å². The minimum atomic E-state index is -1.00. The van der Waals surface area contributed by atoms with Crippen LogP contribution in [0.4, 0.5) is 5.82 Å². The summed E-state index contributed by atoms with van der Waals surface area (Å²) in [4.78, 5) is 8.46. The fraction of sp³-hybridized carbons (Fsp3) is 0.0667. The number of hydrogen-bond acceptors (Lipinski definition) is 4. The van der Waals surface area contributed by atoms with Crippen molar-refractivity contribution < 1.29 is 5.11 Å². The number of fused-ring (bicyclic) bond motifs is 1. The number of pyridine rings is 2. The minimum absolute atomic E-state index is 0.230. The summed E-state index contributed by atoms with van der Waals surface area (Å²) < 4.78 is 0.702. The van der Waals surface area contributed by atoms with Gasteiger partial charge in [0.15, 0.2) is 0 Å². The highest BCUT2D eigenvalue weighted by atomic mass is 79.9. The van der Waals surface area contributed by atoms with Crippen LogP contribution in [0, 0.1) is 0 Å². The number of halogens is 2. The van der Waals surface area contributed by atoms with Gasteiger partial charge in [-0.15, -0.1) is 0 Å². The van der Waals surface area contributed by atoms with Crippen molar-refractivity contribution in [3.8, 4) is 0 Å². The zero-order valence-corrected chi connectivity index (χ0v) is 13.1. The second kappa shape index (κ2) is 5.60. The summed E-state index contributed by atoms with van der Waals surface area (Å²) in [5, 5.41) is 12.0. The van der Waals surface area contributed by atoms with E-state index in [2.05, 4.69) is 25.9 Å². The Hall–Kier alpha value is -1.69. The van der Waals surface area contributed by atoms with Crippen LogP contribution in [0.2, 0.25) is 5.02 Å². The fourth-order valence-corrected chi connectivity index (χ4v) is 2.85. The number of benzene rings is 1. The summed E-state index contributed by atoms with van der Waals surface area (Å²) in [6.45, 7) is 0. The first-order chi connectivity index (χ1) is 10.1. The van der Waals surface area contributed by atoms with Gasteiger partial charge in [-0.2, -0.15) is 0 Å². The third kappa shape index (κ3) is 2.72. The summed E-state index contributed by atoms with van der Waals surface area (Å²) in [5.41, 5.74) is 7.52. The predicted molar refractivity (Wildman–Crippen MR) is 87.2 cm³/mol. The summed E-state index contributed by atoms with van der Waals surface area (Å²) in [6.07, 6.45) is 0.436. The standard InChI is InChI=1S/C15H11BrClN3O/c16-11-5-8-3-1-2-4-12(8)20-13(11)14(21)10-6-9(17)7-19-15(10)18/h1-7,14,21H,(H2,18,19). The molecule has 0 bridgehead atoms. The van der Waals surface area contributed by atoms with E-state index < -0.39 is 6.10 Å². The lowest BCUT2D eigenvalue weighted by atomic mass is 10.1. The van der Waals surface area contributed by atoms with E-state index in [0.717, 1.165) is 10.9 Å². The first-order valence-corrected chi connectivity index (χ1v) is 7.37. The minimum Gasteiger partial charge on any atom is -0.383 e. The first-order valence-electron chi connectivity index (χ1n) is 6.20. The van der Waals surface area contributed by atoms with Gasteiger partial charge in [0.2, 0.25) is 0 Å². The molecule has 0 radical (unpaired) electrons. The van der Waals surface area contributed by atoms with Crippen LogP contribution in [0.15, 0.2) is 47.1 Å². The molecule has 3 rings (SSSR count). The molecule has 4 nitrogen and oxygen atoms in total. The van der Waals surface area contributed by atoms with Crippen molar-refractivity contribution in [2.75, 3.05) is 5.73 Å². The first kappa shape index (κ1) is 14.3. The lowest BCUT2D eigenvalue weighted by Gasteiger charge is -2.15. The van der Waals surface area contributed by atoms with E-state index in [1.54, 1.807) is 6.07 Å². The molecule has 21 heavy (non-hydrogen) atoms. The molecule has 1 atom stereocenters. The van der Waals surface area contributed by atoms with Crippen LogP contribution in [0.25, 0.3) is 10.9 Å². The van der Waals surface area contributed by atoms with Gasteiger partial charge in [-0.25, -0.2) is 9.97 Å². The van der Waals surface area contributed by atoms with Gasteiger partial charge in [-0.3, -0.25) is 0 Å². The molecule has 0 aliphatic heterocycles. The summed E-state index contributed by atoms with van der Waals surface area (Å²) in [7, 11) is 0. The van der Waals surface area contributed by atoms with Crippen LogP contribution in [0.1, 0.15) is 17.4 Å². The smallest absolute Gasteiger partial charge is 0.129 e. The maximum atomic E-state index is 10.6. The lowest BCUT2D eigenvalue weighted by molar-refractivity contribution is 0.215. The molecule has 0 amide bonds. The third-order valence-corrected chi connectivity index (χ3v) is 4.02. The van der Waals surface area contributed by atoms with E-state index in [9.17, 15) is 5.11 Å². The number of nitrogen functional groups attached to an aromatic ring is 1. The highest BCUT2D eigenvalue weighted by Crippen LogP contribution is 2.32. The molecule has 1 unspecified atom stereocenters. The lowest BCUT2D eigenvalue weighted by Crippen LogP contribution is -2.08. The molecule has 2 heterocycles. The Kier molecular flexibility index (Phi) is 3.80. The quantitative estimate of drug-likeness (QED) is 0.727. The third-order valence-electron chi connectivity index (χ3n) is 3.17. The second-order valence-electron chi connectivity index (χ2n) is 4.58. The van der Waals surface area contributed by atoms with Crippen molar-refractivity contribution in [1.82, 2.24) is 9.97 Å². The van der Waals surface area contributed by atoms with Crippen LogP contribution in [-0.4, -0.2) is 15.1 Å². The summed E-state index contributed by atoms with van der Waals surface area (Å²) in [5.74, 6) is 0.230. The second-order valence-corrected chi connectivity index (χ2v) is 5.87. The highest BCUT2D eigenvalue weighted by Gasteiger charge is 2.19. The SMILES string of the molecule is Nc1ncc(Cl)cc1C(O)c1nc2ccccc2cc1Br. The molecular formula is C15H11BrClN3O. The van der Waals surface area contributed by atoms with Gasteiger partial charge >= 0.3 is 0 Å². The normalized spacial score (nSPS) is 12.5. The van der Waals surface area contributed by atoms with Gasteiger partial charge in [0, 0.05) is 21.6 Å². The number of para-hydroxylation sites is 1. The Balaban J connectivity index is 2.14. The average molecular weight is 365 g/mol. The Labute approximate surface area is 134 Å². The van der Waals surface area contributed by atoms with E-state index >= 15 is 0 Å². The Morgan fingerprint density at radius 2 is 2.00 bits per heavy atom. The largest absolute Gasteiger partial charge is 0.383 e. The molecule has 0 aliphatic rings. The number of aliphatic hydroxyl groups excluding tert-OH is 1. The van der Waals surface area contributed by atoms with Crippen LogP contribution in [0.3, 0.4) is 0 Å². The van der Waals surface area contributed by atoms with Crippen molar-refractivity contribution in [2.45, 2.75) is 6.10 Å². The molecule has 0 spiro atoms. The van der Waals surface area contributed by atoms with E-state index in [4.69, 9.17) is 17.3 Å². The maximum Gasteiger partial charge on any atom is 0.129 e. The Morgan fingerprint density at radius 3 is 2.81 bits per heavy atom. The number of nitrogens with zero attached hydrogens (tertiary/aromatic N) is 2. The molecule has 0 saturated heterocycles. The van der Waals surface area contributed by atoms with Crippen molar-refractivity contribution in [3.63, 3.8) is 0 Å². The molecule has 0 aliphatic carbocycles. The summed E-state index contributed by atoms with van der Waals surface area (Å²) >= 11 is 9.36. The number of rotatable bonds is 2. The average Bonchev–Trinajstić information content (AvgIpc) is 2.48. The fourth-order valence-electron chi connectivity index (χ4n) is 2.13. The van der Waals surface area contributed by atoms with Gasteiger partial charge in [0.1, 0.15) is 11.9 Å². The molecular weight excluding hydrogens is 354 g/mol. The van der Waals surface area contributed by atoms with Crippen LogP contribution in [0.5, 0.6) is 0 Å². The van der Waals surface area contributed by atoms with E-state index in [-0.39, 0.29) is 5.82 Å². The van der Waals surface area contributed by atoms with E-state index in [0.29, 0.717) is 20.8 Å². The van der Waals surface area contributed by atoms with Crippen LogP contribution >= 0.6 is 27.5 Å². The van der Waals surface area contributed by atoms with E-state index in [1.807, 2.05) is 30.3 Å². The number of nitrogens with two attached hydrogens (primary N) is 1. The predicted octanol–water partition coefficient (Wildman–Crippen LogP) is 3.71. The highest BCUT2D eigenvalue weighted by molar-refractivity contribution is 9.10. The molecule has 106 valence electrons. The van der Waals surface area contributed by atoms with Crippen LogP contribution < -0.4 is 5.73 Å². The number of aromatic nitrogens is 2. The Bertz CT molecular complexity index is 825. The van der Waals surface area contributed by atoms with Crippen molar-refractivity contribution >= 4 is 44.3 Å². The van der Waals surface area contributed by atoms with Gasteiger partial charge < -0.3 is 10.8 Å². The monoisotopic (exact) mass is 363 g/mol. The number of hydrogen-bond donors (Lipinski definition) is 2. The van der Waals surface area contributed by atoms with Gasteiger partial charge in [-0.1, -0.05) is 29.8 Å². The zero-order chi connectivity index (χ0) is 15.0. The maximum absolute atomic E-state index is 10.6. The molecule has 3 aromatic rings.